The monoisotopic (exact) mass is 557 g/mol. The van der Waals surface area contributed by atoms with Gasteiger partial charge in [-0.25, -0.2) is 4.79 Å². The molecule has 3 aromatic rings. The molecule has 214 valence electrons. The number of ether oxygens (including phenoxy) is 3. The fourth-order valence-electron chi connectivity index (χ4n) is 5.46. The van der Waals surface area contributed by atoms with Crippen molar-refractivity contribution in [3.05, 3.63) is 89.7 Å². The van der Waals surface area contributed by atoms with Crippen molar-refractivity contribution in [3.63, 3.8) is 0 Å². The molecule has 1 aromatic heterocycles. The molecule has 9 heteroatoms. The molecule has 0 bridgehead atoms. The second-order valence-electron chi connectivity index (χ2n) is 10.6. The predicted molar refractivity (Wildman–Crippen MR) is 151 cm³/mol. The van der Waals surface area contributed by atoms with Gasteiger partial charge < -0.3 is 24.4 Å². The number of carbonyl (C=O) groups excluding carboxylic acids is 3. The molecule has 2 aliphatic heterocycles. The Morgan fingerprint density at radius 1 is 1.02 bits per heavy atom. The van der Waals surface area contributed by atoms with E-state index in [1.54, 1.807) is 33.0 Å². The third-order valence-electron chi connectivity index (χ3n) is 7.37. The smallest absolute Gasteiger partial charge is 0.340 e. The van der Waals surface area contributed by atoms with Crippen LogP contribution in [-0.2, 0) is 30.3 Å². The van der Waals surface area contributed by atoms with E-state index < -0.39 is 29.9 Å². The third kappa shape index (κ3) is 6.31. The molecule has 2 unspecified atom stereocenters. The zero-order chi connectivity index (χ0) is 29.0. The normalized spacial score (nSPS) is 21.4. The average Bonchev–Trinajstić information content (AvgIpc) is 3.61. The fraction of sp³-hybridized carbons (Fsp3) is 0.375. The van der Waals surface area contributed by atoms with Crippen LogP contribution in [0.5, 0.6) is 0 Å². The number of likely N-dealkylation sites (tertiary alicyclic amines) is 1. The molecule has 2 saturated heterocycles. The van der Waals surface area contributed by atoms with Crippen molar-refractivity contribution in [3.8, 4) is 11.1 Å². The largest absolute Gasteiger partial charge is 0.462 e. The Hall–Kier alpha value is -4.08. The maximum Gasteiger partial charge on any atom is 0.340 e. The summed E-state index contributed by atoms with van der Waals surface area (Å²) in [6.45, 7) is 6.29. The highest BCUT2D eigenvalue weighted by atomic mass is 16.8. The van der Waals surface area contributed by atoms with Crippen LogP contribution in [0.25, 0.3) is 11.1 Å². The van der Waals surface area contributed by atoms with E-state index in [9.17, 15) is 14.4 Å². The van der Waals surface area contributed by atoms with Crippen LogP contribution >= 0.6 is 0 Å². The summed E-state index contributed by atoms with van der Waals surface area (Å²) in [7, 11) is 0. The fourth-order valence-corrected chi connectivity index (χ4v) is 5.46. The van der Waals surface area contributed by atoms with E-state index in [0.717, 1.165) is 29.5 Å². The Labute approximate surface area is 239 Å². The van der Waals surface area contributed by atoms with Crippen LogP contribution in [0.15, 0.2) is 73.1 Å². The number of hydrogen-bond acceptors (Lipinski definition) is 7. The van der Waals surface area contributed by atoms with Crippen molar-refractivity contribution in [1.82, 2.24) is 15.2 Å². The molecule has 2 fully saturated rings. The first-order valence-electron chi connectivity index (χ1n) is 14.0. The number of aromatic nitrogens is 1. The predicted octanol–water partition coefficient (Wildman–Crippen LogP) is 4.43. The molecular formula is C32H35N3O6. The summed E-state index contributed by atoms with van der Waals surface area (Å²) in [6, 6.07) is 19.1. The summed E-state index contributed by atoms with van der Waals surface area (Å²) in [4.78, 5) is 45.2. The third-order valence-corrected chi connectivity index (χ3v) is 7.37. The quantitative estimate of drug-likeness (QED) is 0.409. The molecular weight excluding hydrogens is 522 g/mol. The van der Waals surface area contributed by atoms with E-state index in [4.69, 9.17) is 14.2 Å². The lowest BCUT2D eigenvalue weighted by Crippen LogP contribution is -2.49. The molecule has 0 spiro atoms. The van der Waals surface area contributed by atoms with Gasteiger partial charge in [-0.1, -0.05) is 54.6 Å². The van der Waals surface area contributed by atoms with E-state index in [-0.39, 0.29) is 25.1 Å². The lowest BCUT2D eigenvalue weighted by Gasteiger charge is -2.28. The Morgan fingerprint density at radius 3 is 2.49 bits per heavy atom. The van der Waals surface area contributed by atoms with Crippen LogP contribution in [-0.4, -0.2) is 58.8 Å². The number of rotatable bonds is 8. The molecule has 5 rings (SSSR count). The van der Waals surface area contributed by atoms with Gasteiger partial charge >= 0.3 is 5.97 Å². The zero-order valence-corrected chi connectivity index (χ0v) is 23.5. The summed E-state index contributed by atoms with van der Waals surface area (Å²) >= 11 is 0. The summed E-state index contributed by atoms with van der Waals surface area (Å²) in [6.07, 6.45) is 2.76. The highest BCUT2D eigenvalue weighted by molar-refractivity contribution is 5.97. The molecule has 1 N–H and O–H groups in total. The van der Waals surface area contributed by atoms with Gasteiger partial charge in [-0.2, -0.15) is 0 Å². The molecule has 0 aliphatic carbocycles. The second-order valence-corrected chi connectivity index (χ2v) is 10.6. The van der Waals surface area contributed by atoms with Crippen LogP contribution in [0.2, 0.25) is 0 Å². The molecule has 3 heterocycles. The average molecular weight is 558 g/mol. The van der Waals surface area contributed by atoms with Crippen molar-refractivity contribution < 1.29 is 28.6 Å². The minimum Gasteiger partial charge on any atom is -0.462 e. The summed E-state index contributed by atoms with van der Waals surface area (Å²) < 4.78 is 17.1. The topological polar surface area (TPSA) is 107 Å². The number of carbonyl (C=O) groups is 3. The first-order valence-corrected chi connectivity index (χ1v) is 14.0. The van der Waals surface area contributed by atoms with Gasteiger partial charge in [-0.05, 0) is 61.9 Å². The van der Waals surface area contributed by atoms with Crippen molar-refractivity contribution in [2.24, 2.45) is 0 Å². The first kappa shape index (κ1) is 28.4. The molecule has 2 aliphatic rings. The van der Waals surface area contributed by atoms with Crippen molar-refractivity contribution in [2.45, 2.75) is 64.2 Å². The summed E-state index contributed by atoms with van der Waals surface area (Å²) in [5.41, 5.74) is 3.84. The van der Waals surface area contributed by atoms with Crippen LogP contribution in [0.3, 0.4) is 0 Å². The maximum absolute atomic E-state index is 13.7. The van der Waals surface area contributed by atoms with E-state index in [0.29, 0.717) is 17.7 Å². The number of amides is 2. The van der Waals surface area contributed by atoms with Crippen LogP contribution in [0.1, 0.15) is 61.1 Å². The minimum atomic E-state index is -1.08. The van der Waals surface area contributed by atoms with Crippen molar-refractivity contribution in [1.29, 1.82) is 0 Å². The van der Waals surface area contributed by atoms with Gasteiger partial charge in [0.05, 0.1) is 18.2 Å². The number of nitrogens with zero attached hydrogens (tertiary/aromatic N) is 2. The van der Waals surface area contributed by atoms with Crippen molar-refractivity contribution in [2.75, 3.05) is 13.2 Å². The van der Waals surface area contributed by atoms with Gasteiger partial charge in [0.25, 0.3) is 11.8 Å². The molecule has 41 heavy (non-hydrogen) atoms. The van der Waals surface area contributed by atoms with Crippen LogP contribution < -0.4 is 5.32 Å². The Balaban J connectivity index is 1.26. The molecule has 0 saturated carbocycles. The molecule has 2 amide bonds. The number of nitrogens with one attached hydrogen (secondary N) is 1. The van der Waals surface area contributed by atoms with Gasteiger partial charge in [0.1, 0.15) is 0 Å². The maximum atomic E-state index is 13.7. The van der Waals surface area contributed by atoms with Gasteiger partial charge in [0.15, 0.2) is 18.0 Å². The number of hydrogen-bond donors (Lipinski definition) is 1. The van der Waals surface area contributed by atoms with Crippen LogP contribution in [0.4, 0.5) is 0 Å². The summed E-state index contributed by atoms with van der Waals surface area (Å²) in [5.74, 6) is -2.15. The minimum absolute atomic E-state index is 0.0528. The first-order chi connectivity index (χ1) is 19.8. The molecule has 0 radical (unpaired) electrons. The summed E-state index contributed by atoms with van der Waals surface area (Å²) in [5, 5.41) is 2.90. The van der Waals surface area contributed by atoms with E-state index in [1.165, 1.54) is 6.20 Å². The van der Waals surface area contributed by atoms with E-state index in [2.05, 4.69) is 10.3 Å². The lowest BCUT2D eigenvalue weighted by atomic mass is 10.0. The van der Waals surface area contributed by atoms with Gasteiger partial charge in [0.2, 0.25) is 0 Å². The van der Waals surface area contributed by atoms with Crippen LogP contribution in [0, 0.1) is 0 Å². The Kier molecular flexibility index (Phi) is 8.46. The molecule has 3 atom stereocenters. The number of pyridine rings is 1. The molecule has 9 nitrogen and oxygen atoms in total. The highest BCUT2D eigenvalue weighted by Gasteiger charge is 2.51. The van der Waals surface area contributed by atoms with Gasteiger partial charge in [-0.15, -0.1) is 0 Å². The standard InChI is InChI=1S/C32H35N3O6/c1-4-39-31(38)25-20-33-17-16-24(25)22-14-12-21(13-15-22)19-34-29(36)27-28(41-32(2,3)40-27)30(37)35-18-8-11-26(35)23-9-6-5-7-10-23/h5-7,9-10,12-17,20,26-28H,4,8,11,18-19H2,1-3H3,(H,34,36)/t26?,27?,28-/m1/s1. The van der Waals surface area contributed by atoms with Crippen molar-refractivity contribution >= 4 is 17.8 Å². The number of benzene rings is 2. The Bertz CT molecular complexity index is 1390. The van der Waals surface area contributed by atoms with E-state index >= 15 is 0 Å². The SMILES string of the molecule is CCOC(=O)c1cnccc1-c1ccc(CNC(=O)C2OC(C)(C)O[C@H]2C(=O)N2CCCC2c2ccccc2)cc1. The second kappa shape index (κ2) is 12.2. The Morgan fingerprint density at radius 2 is 1.76 bits per heavy atom. The zero-order valence-electron chi connectivity index (χ0n) is 23.5. The van der Waals surface area contributed by atoms with Gasteiger partial charge in [-0.3, -0.25) is 14.6 Å². The lowest BCUT2D eigenvalue weighted by molar-refractivity contribution is -0.163. The van der Waals surface area contributed by atoms with Gasteiger partial charge in [0, 0.05) is 25.5 Å². The van der Waals surface area contributed by atoms with E-state index in [1.807, 2.05) is 59.5 Å². The highest BCUT2D eigenvalue weighted by Crippen LogP contribution is 2.36. The number of esters is 1. The molecule has 2 aromatic carbocycles.